The van der Waals surface area contributed by atoms with Crippen molar-refractivity contribution < 1.29 is 19.0 Å². The van der Waals surface area contributed by atoms with Crippen LogP contribution in [0.1, 0.15) is 11.1 Å². The molecule has 0 radical (unpaired) electrons. The Kier molecular flexibility index (Phi) is 5.57. The Morgan fingerprint density at radius 2 is 1.87 bits per heavy atom. The van der Waals surface area contributed by atoms with Crippen molar-refractivity contribution in [3.63, 3.8) is 0 Å². The third-order valence-electron chi connectivity index (χ3n) is 4.49. The summed E-state index contributed by atoms with van der Waals surface area (Å²) in [6.45, 7) is 1.75. The normalized spacial score (nSPS) is 11.6. The predicted octanol–water partition coefficient (Wildman–Crippen LogP) is 7.28. The van der Waals surface area contributed by atoms with E-state index >= 15 is 0 Å². The number of hydrogen-bond acceptors (Lipinski definition) is 5. The number of fused-ring (bicyclic) bond motifs is 1. The van der Waals surface area contributed by atoms with Crippen LogP contribution in [-0.2, 0) is 0 Å². The summed E-state index contributed by atoms with van der Waals surface area (Å²) in [5.74, 6) is -0.371. The Morgan fingerprint density at radius 3 is 2.60 bits per heavy atom. The molecule has 0 saturated heterocycles. The van der Waals surface area contributed by atoms with Crippen LogP contribution in [0.4, 0.5) is 10.1 Å². The second kappa shape index (κ2) is 8.02. The number of aromatic hydroxyl groups is 2. The fourth-order valence-electron chi connectivity index (χ4n) is 2.87. The molecule has 0 unspecified atom stereocenters. The van der Waals surface area contributed by atoms with Gasteiger partial charge in [-0.2, -0.15) is 0 Å². The first-order valence-electron chi connectivity index (χ1n) is 8.56. The molecule has 4 aromatic rings. The largest absolute Gasteiger partial charge is 0.506 e. The van der Waals surface area contributed by atoms with Crippen molar-refractivity contribution >= 4 is 66.5 Å². The average Bonchev–Trinajstić information content (AvgIpc) is 3.13. The quantitative estimate of drug-likeness (QED) is 0.261. The van der Waals surface area contributed by atoms with E-state index in [2.05, 4.69) is 41.8 Å². The maximum Gasteiger partial charge on any atom is 0.228 e. The average molecular weight is 555 g/mol. The number of halogens is 4. The van der Waals surface area contributed by atoms with Gasteiger partial charge in [0.15, 0.2) is 5.58 Å². The van der Waals surface area contributed by atoms with Crippen LogP contribution in [0.5, 0.6) is 11.5 Å². The number of benzene rings is 3. The molecule has 0 saturated carbocycles. The fraction of sp³-hybridized carbons (Fsp3) is 0.0476. The minimum Gasteiger partial charge on any atom is -0.506 e. The number of aromatic nitrogens is 1. The van der Waals surface area contributed by atoms with Gasteiger partial charge in [-0.1, -0.05) is 11.6 Å². The van der Waals surface area contributed by atoms with Crippen LogP contribution in [0.2, 0.25) is 5.02 Å². The first-order chi connectivity index (χ1) is 14.3. The zero-order valence-electron chi connectivity index (χ0n) is 15.3. The number of oxazole rings is 1. The van der Waals surface area contributed by atoms with Crippen molar-refractivity contribution in [1.82, 2.24) is 4.98 Å². The highest BCUT2D eigenvalue weighted by atomic mass is 79.9. The number of nitrogens with zero attached hydrogens (tertiary/aromatic N) is 2. The molecule has 0 fully saturated rings. The first-order valence-corrected chi connectivity index (χ1v) is 10.5. The van der Waals surface area contributed by atoms with Gasteiger partial charge in [0.1, 0.15) is 27.3 Å². The highest BCUT2D eigenvalue weighted by molar-refractivity contribution is 9.11. The maximum absolute atomic E-state index is 13.3. The molecule has 1 heterocycles. The van der Waals surface area contributed by atoms with Gasteiger partial charge in [-0.25, -0.2) is 9.37 Å². The van der Waals surface area contributed by atoms with E-state index in [1.165, 1.54) is 24.4 Å². The van der Waals surface area contributed by atoms with Crippen LogP contribution >= 0.6 is 43.5 Å². The maximum atomic E-state index is 13.3. The molecule has 5 nitrogen and oxygen atoms in total. The molecule has 0 bridgehead atoms. The number of phenolic OH excluding ortho intramolecular Hbond substituents is 2. The van der Waals surface area contributed by atoms with Crippen LogP contribution in [0, 0.1) is 12.7 Å². The van der Waals surface area contributed by atoms with E-state index in [1.807, 2.05) is 0 Å². The molecule has 30 heavy (non-hydrogen) atoms. The summed E-state index contributed by atoms with van der Waals surface area (Å²) >= 11 is 12.6. The summed E-state index contributed by atoms with van der Waals surface area (Å²) < 4.78 is 19.6. The minimum absolute atomic E-state index is 0.0850. The van der Waals surface area contributed by atoms with Crippen LogP contribution in [0.15, 0.2) is 54.8 Å². The molecule has 1 aromatic heterocycles. The van der Waals surface area contributed by atoms with Gasteiger partial charge in [0.2, 0.25) is 5.89 Å². The number of phenols is 2. The van der Waals surface area contributed by atoms with E-state index in [0.717, 1.165) is 0 Å². The van der Waals surface area contributed by atoms with Crippen molar-refractivity contribution in [1.29, 1.82) is 0 Å². The standard InChI is InChI=1S/C21H12Br2ClFN2O3/c1-9-13(19(28)18(23)20(29)17(9)22)8-26-11-3-5-16-15(7-11)27-21(30-16)12-4-2-10(25)6-14(12)24/h2-8,28-29H,1H3. The minimum atomic E-state index is -0.442. The summed E-state index contributed by atoms with van der Waals surface area (Å²) in [6.07, 6.45) is 1.50. The lowest BCUT2D eigenvalue weighted by Gasteiger charge is -2.10. The van der Waals surface area contributed by atoms with Gasteiger partial charge in [-0.05, 0) is 80.7 Å². The Balaban J connectivity index is 1.72. The molecule has 0 spiro atoms. The van der Waals surface area contributed by atoms with Crippen molar-refractivity contribution in [2.75, 3.05) is 0 Å². The number of aliphatic imine (C=N–C) groups is 1. The lowest BCUT2D eigenvalue weighted by molar-refractivity contribution is 0.441. The summed E-state index contributed by atoms with van der Waals surface area (Å²) in [5, 5.41) is 20.5. The van der Waals surface area contributed by atoms with Crippen LogP contribution in [0.3, 0.4) is 0 Å². The second-order valence-electron chi connectivity index (χ2n) is 6.42. The smallest absolute Gasteiger partial charge is 0.228 e. The Labute approximate surface area is 192 Å². The molecule has 0 atom stereocenters. The lowest BCUT2D eigenvalue weighted by Crippen LogP contribution is -1.92. The van der Waals surface area contributed by atoms with Crippen molar-refractivity contribution in [2.24, 2.45) is 4.99 Å². The molecule has 9 heteroatoms. The third kappa shape index (κ3) is 3.71. The zero-order chi connectivity index (χ0) is 21.6. The molecule has 0 amide bonds. The molecule has 2 N–H and O–H groups in total. The van der Waals surface area contributed by atoms with E-state index < -0.39 is 5.82 Å². The highest BCUT2D eigenvalue weighted by Gasteiger charge is 2.17. The van der Waals surface area contributed by atoms with Gasteiger partial charge in [-0.3, -0.25) is 4.99 Å². The lowest BCUT2D eigenvalue weighted by atomic mass is 10.1. The molecule has 0 aliphatic heterocycles. The van der Waals surface area contributed by atoms with Gasteiger partial charge < -0.3 is 14.6 Å². The van der Waals surface area contributed by atoms with Gasteiger partial charge in [0.25, 0.3) is 0 Å². The SMILES string of the molecule is Cc1c(Br)c(O)c(Br)c(O)c1C=Nc1ccc2oc(-c3ccc(F)cc3Cl)nc2c1. The van der Waals surface area contributed by atoms with E-state index in [1.54, 1.807) is 25.1 Å². The summed E-state index contributed by atoms with van der Waals surface area (Å²) in [6, 6.07) is 9.15. The second-order valence-corrected chi connectivity index (χ2v) is 8.41. The van der Waals surface area contributed by atoms with Crippen molar-refractivity contribution in [3.8, 4) is 23.0 Å². The highest BCUT2D eigenvalue weighted by Crippen LogP contribution is 2.43. The summed E-state index contributed by atoms with van der Waals surface area (Å²) in [4.78, 5) is 8.82. The number of rotatable bonds is 3. The predicted molar refractivity (Wildman–Crippen MR) is 122 cm³/mol. The molecule has 0 aliphatic carbocycles. The molecule has 0 aliphatic rings. The van der Waals surface area contributed by atoms with Gasteiger partial charge in [0, 0.05) is 11.8 Å². The molecular weight excluding hydrogens is 543 g/mol. The van der Waals surface area contributed by atoms with Crippen LogP contribution in [-0.4, -0.2) is 21.4 Å². The molecule has 3 aromatic carbocycles. The van der Waals surface area contributed by atoms with Gasteiger partial charge in [-0.15, -0.1) is 0 Å². The van der Waals surface area contributed by atoms with Crippen LogP contribution < -0.4 is 0 Å². The molecular formula is C21H12Br2ClFN2O3. The first kappa shape index (κ1) is 20.8. The molecule has 4 rings (SSSR count). The van der Waals surface area contributed by atoms with E-state index in [-0.39, 0.29) is 26.9 Å². The number of hydrogen-bond donors (Lipinski definition) is 2. The fourth-order valence-corrected chi connectivity index (χ4v) is 4.21. The van der Waals surface area contributed by atoms with Crippen LogP contribution in [0.25, 0.3) is 22.6 Å². The molecule has 152 valence electrons. The summed E-state index contributed by atoms with van der Waals surface area (Å²) in [5.41, 5.74) is 3.22. The van der Waals surface area contributed by atoms with E-state index in [4.69, 9.17) is 16.0 Å². The zero-order valence-corrected chi connectivity index (χ0v) is 19.2. The Hall–Kier alpha value is -2.42. The van der Waals surface area contributed by atoms with Crippen molar-refractivity contribution in [2.45, 2.75) is 6.92 Å². The summed E-state index contributed by atoms with van der Waals surface area (Å²) in [7, 11) is 0. The van der Waals surface area contributed by atoms with E-state index in [9.17, 15) is 14.6 Å². The van der Waals surface area contributed by atoms with Gasteiger partial charge >= 0.3 is 0 Å². The third-order valence-corrected chi connectivity index (χ3v) is 6.52. The Bertz CT molecular complexity index is 1310. The Morgan fingerprint density at radius 1 is 1.10 bits per heavy atom. The monoisotopic (exact) mass is 552 g/mol. The van der Waals surface area contributed by atoms with E-state index in [0.29, 0.717) is 38.0 Å². The van der Waals surface area contributed by atoms with Gasteiger partial charge in [0.05, 0.1) is 20.7 Å². The topological polar surface area (TPSA) is 78.9 Å². The van der Waals surface area contributed by atoms with Crippen molar-refractivity contribution in [3.05, 3.63) is 67.3 Å².